The number of hydrogen-bond acceptors (Lipinski definition) is 2. The summed E-state index contributed by atoms with van der Waals surface area (Å²) < 4.78 is 0. The number of rotatable bonds is 0. The van der Waals surface area contributed by atoms with Gasteiger partial charge in [-0.05, 0) is 43.6 Å². The smallest absolute Gasteiger partial charge is 0.0613 e. The van der Waals surface area contributed by atoms with Gasteiger partial charge in [-0.1, -0.05) is 23.2 Å². The molecule has 3 rings (SSSR count). The lowest BCUT2D eigenvalue weighted by Crippen LogP contribution is -2.21. The fraction of sp³-hybridized carbons (Fsp3) is 0.500. The third kappa shape index (κ3) is 1.69. The molecule has 1 aromatic rings. The molecule has 0 bridgehead atoms. The first-order valence-electron chi connectivity index (χ1n) is 5.72. The van der Waals surface area contributed by atoms with Crippen molar-refractivity contribution in [1.29, 1.82) is 0 Å². The summed E-state index contributed by atoms with van der Waals surface area (Å²) in [7, 11) is 0. The highest BCUT2D eigenvalue weighted by molar-refractivity contribution is 6.42. The number of fused-ring (bicyclic) bond motifs is 3. The van der Waals surface area contributed by atoms with E-state index in [-0.39, 0.29) is 0 Å². The molecule has 16 heavy (non-hydrogen) atoms. The number of hydrogen-bond donors (Lipinski definition) is 2. The lowest BCUT2D eigenvalue weighted by atomic mass is 9.91. The van der Waals surface area contributed by atoms with E-state index in [1.54, 1.807) is 0 Å². The molecule has 0 radical (unpaired) electrons. The molecule has 2 heterocycles. The summed E-state index contributed by atoms with van der Waals surface area (Å²) in [6.45, 7) is 2.17. The van der Waals surface area contributed by atoms with Gasteiger partial charge in [0, 0.05) is 17.6 Å². The van der Waals surface area contributed by atoms with Gasteiger partial charge in [0.25, 0.3) is 0 Å². The zero-order chi connectivity index (χ0) is 11.1. The van der Waals surface area contributed by atoms with Crippen molar-refractivity contribution in [3.05, 3.63) is 27.7 Å². The van der Waals surface area contributed by atoms with Crippen LogP contribution in [0.1, 0.15) is 24.3 Å². The average molecular weight is 257 g/mol. The molecule has 0 aromatic heterocycles. The predicted molar refractivity (Wildman–Crippen MR) is 68.7 cm³/mol. The van der Waals surface area contributed by atoms with Crippen LogP contribution in [0.3, 0.4) is 0 Å². The van der Waals surface area contributed by atoms with Gasteiger partial charge in [-0.15, -0.1) is 0 Å². The molecule has 86 valence electrons. The first kappa shape index (κ1) is 10.7. The van der Waals surface area contributed by atoms with Gasteiger partial charge in [0.2, 0.25) is 0 Å². The van der Waals surface area contributed by atoms with Crippen molar-refractivity contribution in [3.63, 3.8) is 0 Å². The van der Waals surface area contributed by atoms with Crippen LogP contribution in [0.2, 0.25) is 10.0 Å². The van der Waals surface area contributed by atoms with Gasteiger partial charge in [-0.25, -0.2) is 0 Å². The number of benzene rings is 1. The fourth-order valence-corrected chi connectivity index (χ4v) is 3.12. The molecule has 2 atom stereocenters. The van der Waals surface area contributed by atoms with Crippen LogP contribution in [0.5, 0.6) is 0 Å². The highest BCUT2D eigenvalue weighted by atomic mass is 35.5. The molecule has 0 aliphatic carbocycles. The zero-order valence-electron chi connectivity index (χ0n) is 8.89. The number of anilines is 1. The van der Waals surface area contributed by atoms with E-state index in [0.717, 1.165) is 19.5 Å². The molecule has 4 heteroatoms. The van der Waals surface area contributed by atoms with Gasteiger partial charge in [-0.2, -0.15) is 0 Å². The van der Waals surface area contributed by atoms with Crippen LogP contribution >= 0.6 is 23.2 Å². The first-order chi connectivity index (χ1) is 7.75. The average Bonchev–Trinajstić information content (AvgIpc) is 2.47. The fourth-order valence-electron chi connectivity index (χ4n) is 2.78. The Kier molecular flexibility index (Phi) is 2.74. The molecule has 1 aromatic carbocycles. The highest BCUT2D eigenvalue weighted by Gasteiger charge is 2.33. The molecular weight excluding hydrogens is 243 g/mol. The van der Waals surface area contributed by atoms with Crippen molar-refractivity contribution < 1.29 is 0 Å². The van der Waals surface area contributed by atoms with Crippen molar-refractivity contribution in [2.45, 2.75) is 24.8 Å². The summed E-state index contributed by atoms with van der Waals surface area (Å²) in [4.78, 5) is 0. The summed E-state index contributed by atoms with van der Waals surface area (Å²) in [6, 6.07) is 4.53. The Hall–Kier alpha value is -0.440. The normalized spacial score (nSPS) is 27.9. The second-order valence-electron chi connectivity index (χ2n) is 4.54. The standard InChI is InChI=1S/C12H14Cl2N2/c13-9-5-8-7-1-3-15-4-2-11(7)16-12(8)6-10(9)14/h5-7,11,15-16H,1-4H2. The van der Waals surface area contributed by atoms with Crippen molar-refractivity contribution in [1.82, 2.24) is 5.32 Å². The molecule has 1 saturated heterocycles. The minimum absolute atomic E-state index is 0.541. The molecule has 0 amide bonds. The van der Waals surface area contributed by atoms with E-state index in [4.69, 9.17) is 23.2 Å². The van der Waals surface area contributed by atoms with Crippen molar-refractivity contribution in [3.8, 4) is 0 Å². The Labute approximate surface area is 105 Å². The third-order valence-corrected chi connectivity index (χ3v) is 4.30. The van der Waals surface area contributed by atoms with Crippen LogP contribution in [0.15, 0.2) is 12.1 Å². The van der Waals surface area contributed by atoms with Gasteiger partial charge in [0.05, 0.1) is 10.0 Å². The number of halogens is 2. The lowest BCUT2D eigenvalue weighted by molar-refractivity contribution is 0.578. The Morgan fingerprint density at radius 3 is 2.69 bits per heavy atom. The van der Waals surface area contributed by atoms with Crippen LogP contribution in [0.4, 0.5) is 5.69 Å². The summed E-state index contributed by atoms with van der Waals surface area (Å²) in [6.07, 6.45) is 2.33. The molecule has 2 aliphatic heterocycles. The van der Waals surface area contributed by atoms with E-state index < -0.39 is 0 Å². The quantitative estimate of drug-likeness (QED) is 0.745. The van der Waals surface area contributed by atoms with Crippen LogP contribution < -0.4 is 10.6 Å². The summed E-state index contributed by atoms with van der Waals surface area (Å²) in [5, 5.41) is 8.30. The maximum atomic E-state index is 6.09. The monoisotopic (exact) mass is 256 g/mol. The molecule has 2 N–H and O–H groups in total. The number of nitrogens with one attached hydrogen (secondary N) is 2. The Balaban J connectivity index is 2.00. The minimum Gasteiger partial charge on any atom is -0.381 e. The van der Waals surface area contributed by atoms with Crippen molar-refractivity contribution in [2.75, 3.05) is 18.4 Å². The molecule has 0 saturated carbocycles. The second kappa shape index (κ2) is 4.10. The van der Waals surface area contributed by atoms with Gasteiger partial charge in [0.15, 0.2) is 0 Å². The van der Waals surface area contributed by atoms with Crippen LogP contribution in [0, 0.1) is 0 Å². The van der Waals surface area contributed by atoms with Crippen LogP contribution in [-0.2, 0) is 0 Å². The minimum atomic E-state index is 0.541. The van der Waals surface area contributed by atoms with Crippen molar-refractivity contribution >= 4 is 28.9 Å². The molecule has 1 fully saturated rings. The maximum Gasteiger partial charge on any atom is 0.0613 e. The van der Waals surface area contributed by atoms with E-state index in [0.29, 0.717) is 22.0 Å². The van der Waals surface area contributed by atoms with E-state index in [1.807, 2.05) is 12.1 Å². The third-order valence-electron chi connectivity index (χ3n) is 3.58. The largest absolute Gasteiger partial charge is 0.381 e. The Morgan fingerprint density at radius 1 is 1.06 bits per heavy atom. The zero-order valence-corrected chi connectivity index (χ0v) is 10.4. The van der Waals surface area contributed by atoms with Gasteiger partial charge in [0.1, 0.15) is 0 Å². The summed E-state index contributed by atoms with van der Waals surface area (Å²) in [5.74, 6) is 0.583. The molecular formula is C12H14Cl2N2. The van der Waals surface area contributed by atoms with Crippen molar-refractivity contribution in [2.24, 2.45) is 0 Å². The molecule has 0 spiro atoms. The molecule has 2 nitrogen and oxygen atoms in total. The molecule has 2 aliphatic rings. The highest BCUT2D eigenvalue weighted by Crippen LogP contribution is 2.43. The van der Waals surface area contributed by atoms with E-state index in [1.165, 1.54) is 17.7 Å². The SMILES string of the molecule is Clc1cc2c(cc1Cl)C1CCNCCC1N2. The maximum absolute atomic E-state index is 6.09. The predicted octanol–water partition coefficient (Wildman–Crippen LogP) is 3.25. The van der Waals surface area contributed by atoms with Gasteiger partial charge < -0.3 is 10.6 Å². The summed E-state index contributed by atoms with van der Waals surface area (Å²) >= 11 is 12.1. The topological polar surface area (TPSA) is 24.1 Å². The van der Waals surface area contributed by atoms with E-state index >= 15 is 0 Å². The second-order valence-corrected chi connectivity index (χ2v) is 5.35. The Bertz CT molecular complexity index is 420. The van der Waals surface area contributed by atoms with Gasteiger partial charge in [-0.3, -0.25) is 0 Å². The van der Waals surface area contributed by atoms with Crippen LogP contribution in [-0.4, -0.2) is 19.1 Å². The first-order valence-corrected chi connectivity index (χ1v) is 6.47. The summed E-state index contributed by atoms with van der Waals surface area (Å²) in [5.41, 5.74) is 2.51. The molecule has 2 unspecified atom stereocenters. The Morgan fingerprint density at radius 2 is 1.81 bits per heavy atom. The van der Waals surface area contributed by atoms with E-state index in [2.05, 4.69) is 10.6 Å². The van der Waals surface area contributed by atoms with Crippen LogP contribution in [0.25, 0.3) is 0 Å². The lowest BCUT2D eigenvalue weighted by Gasteiger charge is -2.15. The van der Waals surface area contributed by atoms with E-state index in [9.17, 15) is 0 Å². The van der Waals surface area contributed by atoms with Gasteiger partial charge >= 0.3 is 0 Å².